The fourth-order valence-corrected chi connectivity index (χ4v) is 3.51. The summed E-state index contributed by atoms with van der Waals surface area (Å²) in [5.74, 6) is 0.578. The molecule has 3 rings (SSSR count). The Labute approximate surface area is 163 Å². The summed E-state index contributed by atoms with van der Waals surface area (Å²) in [5, 5.41) is 0.642. The summed E-state index contributed by atoms with van der Waals surface area (Å²) >= 11 is 12.4. The number of rotatable bonds is 6. The Hall–Kier alpha value is -1.75. The van der Waals surface area contributed by atoms with Gasteiger partial charge in [-0.15, -0.1) is 0 Å². The molecule has 0 saturated carbocycles. The van der Waals surface area contributed by atoms with Gasteiger partial charge in [-0.25, -0.2) is 0 Å². The Morgan fingerprint density at radius 2 is 2.04 bits per heavy atom. The third-order valence-electron chi connectivity index (χ3n) is 4.47. The largest absolute Gasteiger partial charge is 0.496 e. The maximum Gasteiger partial charge on any atom is 0.255 e. The molecule has 2 aromatic carbocycles. The number of methoxy groups -OCH3 is 1. The van der Waals surface area contributed by atoms with E-state index >= 15 is 0 Å². The number of carbonyl (C=O) groups excluding carboxylic acids is 1. The number of hydrogen-bond acceptors (Lipinski definition) is 3. The summed E-state index contributed by atoms with van der Waals surface area (Å²) in [6.45, 7) is 1.64. The van der Waals surface area contributed by atoms with Crippen molar-refractivity contribution in [2.24, 2.45) is 0 Å². The minimum atomic E-state index is -0.168. The first-order valence-corrected chi connectivity index (χ1v) is 9.32. The highest BCUT2D eigenvalue weighted by molar-refractivity contribution is 6.43. The fraction of sp³-hybridized carbons (Fsp3) is 0.350. The second kappa shape index (κ2) is 8.76. The Kier molecular flexibility index (Phi) is 6.41. The van der Waals surface area contributed by atoms with E-state index in [1.165, 1.54) is 0 Å². The molecule has 0 bridgehead atoms. The summed E-state index contributed by atoms with van der Waals surface area (Å²) in [7, 11) is 1.62. The van der Waals surface area contributed by atoms with Gasteiger partial charge in [0.1, 0.15) is 5.75 Å². The molecule has 1 aliphatic heterocycles. The Morgan fingerprint density at radius 3 is 2.77 bits per heavy atom. The van der Waals surface area contributed by atoms with E-state index in [2.05, 4.69) is 0 Å². The van der Waals surface area contributed by atoms with Crippen molar-refractivity contribution in [1.29, 1.82) is 0 Å². The highest BCUT2D eigenvalue weighted by Crippen LogP contribution is 2.28. The molecule has 0 N–H and O–H groups in total. The molecule has 0 spiro atoms. The molecular weight excluding hydrogens is 373 g/mol. The molecule has 0 aromatic heterocycles. The number of carbonyl (C=O) groups is 1. The van der Waals surface area contributed by atoms with Gasteiger partial charge in [-0.05, 0) is 31.0 Å². The molecular formula is C20H21Cl2NO3. The monoisotopic (exact) mass is 393 g/mol. The molecule has 1 aliphatic rings. The number of hydrogen-bond donors (Lipinski definition) is 0. The SMILES string of the molecule is COc1ccccc1CN(CC1CCCO1)C(=O)c1cccc(Cl)c1Cl. The van der Waals surface area contributed by atoms with Gasteiger partial charge in [0.05, 0.1) is 28.8 Å². The second-order valence-electron chi connectivity index (χ2n) is 6.23. The van der Waals surface area contributed by atoms with Crippen LogP contribution in [0.1, 0.15) is 28.8 Å². The van der Waals surface area contributed by atoms with E-state index in [0.717, 1.165) is 30.8 Å². The summed E-state index contributed by atoms with van der Waals surface area (Å²) in [5.41, 5.74) is 1.33. The van der Waals surface area contributed by atoms with Crippen molar-refractivity contribution in [3.05, 3.63) is 63.6 Å². The molecule has 1 unspecified atom stereocenters. The van der Waals surface area contributed by atoms with Crippen molar-refractivity contribution in [1.82, 2.24) is 4.90 Å². The van der Waals surface area contributed by atoms with Crippen LogP contribution in [0, 0.1) is 0 Å². The van der Waals surface area contributed by atoms with E-state index in [1.807, 2.05) is 24.3 Å². The van der Waals surface area contributed by atoms with E-state index in [1.54, 1.807) is 30.2 Å². The molecule has 26 heavy (non-hydrogen) atoms. The van der Waals surface area contributed by atoms with Crippen molar-refractivity contribution in [2.75, 3.05) is 20.3 Å². The fourth-order valence-electron chi connectivity index (χ4n) is 3.13. The van der Waals surface area contributed by atoms with E-state index < -0.39 is 0 Å². The molecule has 1 heterocycles. The number of nitrogens with zero attached hydrogens (tertiary/aromatic N) is 1. The standard InChI is InChI=1S/C20H21Cl2NO3/c1-25-18-10-3-2-6-14(18)12-23(13-15-7-5-11-26-15)20(24)16-8-4-9-17(21)19(16)22/h2-4,6,8-10,15H,5,7,11-13H2,1H3. The number of halogens is 2. The van der Waals surface area contributed by atoms with Crippen molar-refractivity contribution < 1.29 is 14.3 Å². The van der Waals surface area contributed by atoms with Gasteiger partial charge in [-0.2, -0.15) is 0 Å². The minimum Gasteiger partial charge on any atom is -0.496 e. The van der Waals surface area contributed by atoms with Gasteiger partial charge >= 0.3 is 0 Å². The molecule has 1 atom stereocenters. The third-order valence-corrected chi connectivity index (χ3v) is 5.29. The Bertz CT molecular complexity index is 775. The van der Waals surface area contributed by atoms with Crippen LogP contribution in [0.4, 0.5) is 0 Å². The maximum atomic E-state index is 13.2. The maximum absolute atomic E-state index is 13.2. The summed E-state index contributed by atoms with van der Waals surface area (Å²) in [6, 6.07) is 12.8. The van der Waals surface area contributed by atoms with Gasteiger partial charge in [-0.1, -0.05) is 47.5 Å². The van der Waals surface area contributed by atoms with Crippen molar-refractivity contribution in [3.63, 3.8) is 0 Å². The van der Waals surface area contributed by atoms with Crippen LogP contribution in [-0.2, 0) is 11.3 Å². The van der Waals surface area contributed by atoms with Crippen LogP contribution >= 0.6 is 23.2 Å². The lowest BCUT2D eigenvalue weighted by Gasteiger charge is -2.27. The van der Waals surface area contributed by atoms with Gasteiger partial charge in [0, 0.05) is 25.3 Å². The predicted octanol–water partition coefficient (Wildman–Crippen LogP) is 4.82. The molecule has 0 radical (unpaired) electrons. The second-order valence-corrected chi connectivity index (χ2v) is 7.02. The zero-order valence-corrected chi connectivity index (χ0v) is 16.1. The lowest BCUT2D eigenvalue weighted by atomic mass is 10.1. The average Bonchev–Trinajstić information content (AvgIpc) is 3.16. The van der Waals surface area contributed by atoms with E-state index in [-0.39, 0.29) is 17.0 Å². The first-order chi connectivity index (χ1) is 12.6. The zero-order valence-electron chi connectivity index (χ0n) is 14.6. The smallest absolute Gasteiger partial charge is 0.255 e. The molecule has 0 aliphatic carbocycles. The van der Waals surface area contributed by atoms with Crippen LogP contribution in [0.15, 0.2) is 42.5 Å². The summed E-state index contributed by atoms with van der Waals surface area (Å²) in [4.78, 5) is 15.0. The van der Waals surface area contributed by atoms with Crippen molar-refractivity contribution >= 4 is 29.1 Å². The van der Waals surface area contributed by atoms with Crippen LogP contribution in [-0.4, -0.2) is 37.2 Å². The third kappa shape index (κ3) is 4.32. The van der Waals surface area contributed by atoms with Crippen LogP contribution in [0.5, 0.6) is 5.75 Å². The van der Waals surface area contributed by atoms with Gasteiger partial charge in [-0.3, -0.25) is 4.79 Å². The molecule has 1 amide bonds. The van der Waals surface area contributed by atoms with Crippen LogP contribution in [0.2, 0.25) is 10.0 Å². The summed E-state index contributed by atoms with van der Waals surface area (Å²) < 4.78 is 11.2. The average molecular weight is 394 g/mol. The zero-order chi connectivity index (χ0) is 18.5. The highest BCUT2D eigenvalue weighted by Gasteiger charge is 2.26. The number of amides is 1. The quantitative estimate of drug-likeness (QED) is 0.705. The van der Waals surface area contributed by atoms with E-state index in [0.29, 0.717) is 23.7 Å². The van der Waals surface area contributed by atoms with E-state index in [4.69, 9.17) is 32.7 Å². The van der Waals surface area contributed by atoms with Crippen LogP contribution in [0.3, 0.4) is 0 Å². The predicted molar refractivity (Wildman–Crippen MR) is 103 cm³/mol. The van der Waals surface area contributed by atoms with Crippen molar-refractivity contribution in [3.8, 4) is 5.75 Å². The first kappa shape index (κ1) is 19.0. The van der Waals surface area contributed by atoms with Gasteiger partial charge in [0.2, 0.25) is 0 Å². The molecule has 2 aromatic rings. The van der Waals surface area contributed by atoms with Crippen molar-refractivity contribution in [2.45, 2.75) is 25.5 Å². The number of ether oxygens (including phenoxy) is 2. The molecule has 138 valence electrons. The molecule has 6 heteroatoms. The van der Waals surface area contributed by atoms with E-state index in [9.17, 15) is 4.79 Å². The van der Waals surface area contributed by atoms with Crippen LogP contribution < -0.4 is 4.74 Å². The normalized spacial score (nSPS) is 16.5. The lowest BCUT2D eigenvalue weighted by Crippen LogP contribution is -2.37. The first-order valence-electron chi connectivity index (χ1n) is 8.57. The topological polar surface area (TPSA) is 38.8 Å². The Morgan fingerprint density at radius 1 is 1.23 bits per heavy atom. The Balaban J connectivity index is 1.89. The van der Waals surface area contributed by atoms with Crippen LogP contribution in [0.25, 0.3) is 0 Å². The number of benzene rings is 2. The van der Waals surface area contributed by atoms with Gasteiger partial charge in [0.25, 0.3) is 5.91 Å². The van der Waals surface area contributed by atoms with Gasteiger partial charge in [0.15, 0.2) is 0 Å². The molecule has 1 saturated heterocycles. The lowest BCUT2D eigenvalue weighted by molar-refractivity contribution is 0.0506. The molecule has 4 nitrogen and oxygen atoms in total. The highest BCUT2D eigenvalue weighted by atomic mass is 35.5. The molecule has 1 fully saturated rings. The minimum absolute atomic E-state index is 0.0339. The van der Waals surface area contributed by atoms with Gasteiger partial charge < -0.3 is 14.4 Å². The summed E-state index contributed by atoms with van der Waals surface area (Å²) in [6.07, 6.45) is 1.99. The number of para-hydroxylation sites is 1.